The average Bonchev–Trinajstić information content (AvgIpc) is 3.07. The number of likely N-dealkylation sites (tertiary alicyclic amines) is 1. The minimum absolute atomic E-state index is 0.0920. The summed E-state index contributed by atoms with van der Waals surface area (Å²) in [6.07, 6.45) is 0.0920. The lowest BCUT2D eigenvalue weighted by Crippen LogP contribution is -2.50. The molecule has 1 aliphatic rings. The van der Waals surface area contributed by atoms with Crippen LogP contribution in [0, 0.1) is 11.7 Å². The first kappa shape index (κ1) is 20.4. The number of halogens is 1. The molecule has 3 N–H and O–H groups in total. The highest BCUT2D eigenvalue weighted by molar-refractivity contribution is 7.80. The Balaban J connectivity index is 1.47. The molecule has 7 nitrogen and oxygen atoms in total. The number of carbonyl (C=O) groups is 3. The molecule has 1 atom stereocenters. The average molecular weight is 414 g/mol. The molecule has 1 heterocycles. The van der Waals surface area contributed by atoms with Crippen molar-refractivity contribution in [2.75, 3.05) is 6.54 Å². The van der Waals surface area contributed by atoms with Gasteiger partial charge in [-0.15, -0.1) is 0 Å². The zero-order valence-electron chi connectivity index (χ0n) is 15.4. The van der Waals surface area contributed by atoms with Gasteiger partial charge in [0.15, 0.2) is 5.11 Å². The summed E-state index contributed by atoms with van der Waals surface area (Å²) < 4.78 is 13.6. The van der Waals surface area contributed by atoms with Gasteiger partial charge in [0.25, 0.3) is 5.91 Å². The SMILES string of the molecule is O=C(NC(=S)NNC(=O)C1CC(=O)N(Cc2ccccc2)C1)c1ccccc1F. The van der Waals surface area contributed by atoms with Crippen molar-refractivity contribution < 1.29 is 18.8 Å². The first-order chi connectivity index (χ1) is 13.9. The van der Waals surface area contributed by atoms with Gasteiger partial charge in [-0.2, -0.15) is 0 Å². The van der Waals surface area contributed by atoms with Crippen LogP contribution in [0.3, 0.4) is 0 Å². The Hall–Kier alpha value is -3.33. The first-order valence-electron chi connectivity index (χ1n) is 8.91. The van der Waals surface area contributed by atoms with E-state index in [0.29, 0.717) is 6.54 Å². The predicted molar refractivity (Wildman–Crippen MR) is 108 cm³/mol. The van der Waals surface area contributed by atoms with Crippen LogP contribution in [0.1, 0.15) is 22.3 Å². The molecule has 0 saturated carbocycles. The van der Waals surface area contributed by atoms with Gasteiger partial charge >= 0.3 is 0 Å². The van der Waals surface area contributed by atoms with Crippen LogP contribution < -0.4 is 16.2 Å². The molecular formula is C20H19FN4O3S. The summed E-state index contributed by atoms with van der Waals surface area (Å²) in [7, 11) is 0. The Morgan fingerprint density at radius 1 is 1.07 bits per heavy atom. The van der Waals surface area contributed by atoms with Gasteiger partial charge in [0.1, 0.15) is 5.82 Å². The Bertz CT molecular complexity index is 938. The smallest absolute Gasteiger partial charge is 0.260 e. The molecule has 9 heteroatoms. The van der Waals surface area contributed by atoms with Crippen LogP contribution >= 0.6 is 12.2 Å². The maximum Gasteiger partial charge on any atom is 0.260 e. The molecule has 0 radical (unpaired) electrons. The highest BCUT2D eigenvalue weighted by Crippen LogP contribution is 2.20. The largest absolute Gasteiger partial charge is 0.338 e. The fourth-order valence-corrected chi connectivity index (χ4v) is 3.12. The van der Waals surface area contributed by atoms with Crippen LogP contribution in [0.2, 0.25) is 0 Å². The van der Waals surface area contributed by atoms with Crippen LogP contribution in [0.15, 0.2) is 54.6 Å². The lowest BCUT2D eigenvalue weighted by atomic mass is 10.1. The Morgan fingerprint density at radius 2 is 1.76 bits per heavy atom. The van der Waals surface area contributed by atoms with Crippen molar-refractivity contribution >= 4 is 35.1 Å². The zero-order chi connectivity index (χ0) is 20.8. The third-order valence-electron chi connectivity index (χ3n) is 4.45. The molecule has 1 fully saturated rings. The summed E-state index contributed by atoms with van der Waals surface area (Å²) in [5.41, 5.74) is 5.61. The normalized spacial score (nSPS) is 15.7. The number of nitrogens with one attached hydrogen (secondary N) is 3. The van der Waals surface area contributed by atoms with Crippen molar-refractivity contribution in [1.29, 1.82) is 0 Å². The number of hydrogen-bond donors (Lipinski definition) is 3. The molecule has 0 bridgehead atoms. The van der Waals surface area contributed by atoms with E-state index < -0.39 is 23.5 Å². The molecular weight excluding hydrogens is 395 g/mol. The fourth-order valence-electron chi connectivity index (χ4n) is 2.97. The number of carbonyl (C=O) groups excluding carboxylic acids is 3. The van der Waals surface area contributed by atoms with Crippen LogP contribution in [0.5, 0.6) is 0 Å². The third kappa shape index (κ3) is 5.35. The molecule has 3 rings (SSSR count). The van der Waals surface area contributed by atoms with E-state index in [1.54, 1.807) is 4.90 Å². The minimum Gasteiger partial charge on any atom is -0.338 e. The number of hydrazine groups is 1. The molecule has 0 aliphatic carbocycles. The summed E-state index contributed by atoms with van der Waals surface area (Å²) in [5, 5.41) is 2.10. The van der Waals surface area contributed by atoms with Crippen molar-refractivity contribution in [2.45, 2.75) is 13.0 Å². The summed E-state index contributed by atoms with van der Waals surface area (Å²) in [5.74, 6) is -2.48. The van der Waals surface area contributed by atoms with Crippen LogP contribution in [0.25, 0.3) is 0 Å². The zero-order valence-corrected chi connectivity index (χ0v) is 16.2. The second kappa shape index (κ2) is 9.24. The lowest BCUT2D eigenvalue weighted by Gasteiger charge is -2.17. The van der Waals surface area contributed by atoms with E-state index in [0.717, 1.165) is 11.6 Å². The molecule has 0 spiro atoms. The van der Waals surface area contributed by atoms with Crippen molar-refractivity contribution in [3.8, 4) is 0 Å². The van der Waals surface area contributed by atoms with Crippen molar-refractivity contribution in [2.24, 2.45) is 5.92 Å². The lowest BCUT2D eigenvalue weighted by molar-refractivity contribution is -0.129. The van der Waals surface area contributed by atoms with Gasteiger partial charge in [0, 0.05) is 19.5 Å². The molecule has 1 saturated heterocycles. The third-order valence-corrected chi connectivity index (χ3v) is 4.65. The summed E-state index contributed by atoms with van der Waals surface area (Å²) in [6.45, 7) is 0.726. The highest BCUT2D eigenvalue weighted by Gasteiger charge is 2.34. The molecule has 1 aliphatic heterocycles. The second-order valence-corrected chi connectivity index (χ2v) is 6.95. The molecule has 150 valence electrons. The van der Waals surface area contributed by atoms with Gasteiger partial charge in [0.05, 0.1) is 11.5 Å². The maximum absolute atomic E-state index is 13.6. The van der Waals surface area contributed by atoms with Crippen molar-refractivity contribution in [3.05, 3.63) is 71.5 Å². The van der Waals surface area contributed by atoms with E-state index in [4.69, 9.17) is 12.2 Å². The van der Waals surface area contributed by atoms with Gasteiger partial charge < -0.3 is 4.90 Å². The number of nitrogens with zero attached hydrogens (tertiary/aromatic N) is 1. The first-order valence-corrected chi connectivity index (χ1v) is 9.32. The molecule has 2 aromatic rings. The Morgan fingerprint density at radius 3 is 2.48 bits per heavy atom. The van der Waals surface area contributed by atoms with Crippen molar-refractivity contribution in [1.82, 2.24) is 21.1 Å². The highest BCUT2D eigenvalue weighted by atomic mass is 32.1. The molecule has 2 aromatic carbocycles. The number of amides is 3. The van der Waals surface area contributed by atoms with E-state index in [-0.39, 0.29) is 29.5 Å². The summed E-state index contributed by atoms with van der Waals surface area (Å²) in [6, 6.07) is 15.0. The quantitative estimate of drug-likeness (QED) is 0.521. The van der Waals surface area contributed by atoms with Crippen LogP contribution in [-0.2, 0) is 16.1 Å². The predicted octanol–water partition coefficient (Wildman–Crippen LogP) is 1.51. The van der Waals surface area contributed by atoms with E-state index in [2.05, 4.69) is 16.2 Å². The van der Waals surface area contributed by atoms with Gasteiger partial charge in [0.2, 0.25) is 11.8 Å². The van der Waals surface area contributed by atoms with Gasteiger partial charge in [-0.3, -0.25) is 30.6 Å². The van der Waals surface area contributed by atoms with Crippen molar-refractivity contribution in [3.63, 3.8) is 0 Å². The standard InChI is InChI=1S/C20H19FN4O3S/c21-16-9-5-4-8-15(16)19(28)22-20(29)24-23-18(27)14-10-17(26)25(12-14)11-13-6-2-1-3-7-13/h1-9,14H,10-12H2,(H,23,27)(H2,22,24,28,29). The molecule has 29 heavy (non-hydrogen) atoms. The number of benzene rings is 2. The maximum atomic E-state index is 13.6. The number of rotatable bonds is 4. The number of hydrogen-bond acceptors (Lipinski definition) is 4. The van der Waals surface area contributed by atoms with Gasteiger partial charge in [-0.25, -0.2) is 4.39 Å². The molecule has 1 unspecified atom stereocenters. The van der Waals surface area contributed by atoms with Crippen LogP contribution in [0.4, 0.5) is 4.39 Å². The van der Waals surface area contributed by atoms with E-state index in [1.165, 1.54) is 18.2 Å². The van der Waals surface area contributed by atoms with Crippen LogP contribution in [-0.4, -0.2) is 34.3 Å². The van der Waals surface area contributed by atoms with E-state index in [1.807, 2.05) is 30.3 Å². The van der Waals surface area contributed by atoms with E-state index in [9.17, 15) is 18.8 Å². The Labute approximate surface area is 172 Å². The minimum atomic E-state index is -0.736. The topological polar surface area (TPSA) is 90.5 Å². The second-order valence-electron chi connectivity index (χ2n) is 6.54. The monoisotopic (exact) mass is 414 g/mol. The number of thiocarbonyl (C=S) groups is 1. The molecule has 0 aromatic heterocycles. The fraction of sp³-hybridized carbons (Fsp3) is 0.200. The van der Waals surface area contributed by atoms with E-state index >= 15 is 0 Å². The van der Waals surface area contributed by atoms with Gasteiger partial charge in [-0.1, -0.05) is 42.5 Å². The summed E-state index contributed by atoms with van der Waals surface area (Å²) >= 11 is 4.94. The Kier molecular flexibility index (Phi) is 6.50. The van der Waals surface area contributed by atoms with Gasteiger partial charge in [-0.05, 0) is 29.9 Å². The molecule has 3 amide bonds. The summed E-state index contributed by atoms with van der Waals surface area (Å²) in [4.78, 5) is 38.1.